The minimum atomic E-state index is -0.113. The summed E-state index contributed by atoms with van der Waals surface area (Å²) in [5.74, 6) is -0.221. The lowest BCUT2D eigenvalue weighted by molar-refractivity contribution is -0.862. The van der Waals surface area contributed by atoms with Gasteiger partial charge in [0.05, 0.1) is 7.05 Å². The van der Waals surface area contributed by atoms with Gasteiger partial charge in [-0.1, -0.05) is 60.7 Å². The van der Waals surface area contributed by atoms with Crippen molar-refractivity contribution >= 4 is 23.2 Å². The van der Waals surface area contributed by atoms with Crippen molar-refractivity contribution in [1.29, 1.82) is 0 Å². The smallest absolute Gasteiger partial charge is 0.279 e. The predicted octanol–water partition coefficient (Wildman–Crippen LogP) is 2.99. The molecule has 0 aromatic heterocycles. The van der Waals surface area contributed by atoms with Crippen molar-refractivity contribution < 1.29 is 14.5 Å². The maximum Gasteiger partial charge on any atom is 0.279 e. The first-order valence-electron chi connectivity index (χ1n) is 10.5. The number of carbonyl (C=O) groups excluding carboxylic acids is 2. The van der Waals surface area contributed by atoms with E-state index in [1.807, 2.05) is 81.6 Å². The number of anilines is 2. The van der Waals surface area contributed by atoms with Crippen LogP contribution in [0.5, 0.6) is 0 Å². The van der Waals surface area contributed by atoms with Gasteiger partial charge in [-0.2, -0.15) is 0 Å². The average molecular weight is 417 g/mol. The summed E-state index contributed by atoms with van der Waals surface area (Å²) in [6.07, 6.45) is 0.748. The molecule has 0 aliphatic rings. The number of hydrogen-bond donors (Lipinski definition) is 3. The molecule has 31 heavy (non-hydrogen) atoms. The standard InChI is InChI=1S/C26H29N3O2/c1-19-10-9-15-23(20(19)2)27-25(30)17-29(3)18-26(31)28-24-14-8-7-13-22(24)16-21-11-5-4-6-12-21/h4-15H,16-18H2,1-3H3,(H,27,30)(H,28,31)/p+1. The molecule has 5 nitrogen and oxygen atoms in total. The molecule has 160 valence electrons. The third-order valence-corrected chi connectivity index (χ3v) is 5.33. The lowest BCUT2D eigenvalue weighted by Gasteiger charge is -2.16. The fourth-order valence-electron chi connectivity index (χ4n) is 3.50. The first-order chi connectivity index (χ1) is 14.9. The summed E-state index contributed by atoms with van der Waals surface area (Å²) >= 11 is 0. The zero-order chi connectivity index (χ0) is 22.2. The molecule has 3 aromatic rings. The van der Waals surface area contributed by atoms with E-state index in [0.717, 1.165) is 39.4 Å². The number of amides is 2. The summed E-state index contributed by atoms with van der Waals surface area (Å²) in [6, 6.07) is 23.8. The van der Waals surface area contributed by atoms with Crippen LogP contribution in [0.4, 0.5) is 11.4 Å². The molecule has 0 spiro atoms. The van der Waals surface area contributed by atoms with Gasteiger partial charge in [0.15, 0.2) is 13.1 Å². The quantitative estimate of drug-likeness (QED) is 0.529. The zero-order valence-corrected chi connectivity index (χ0v) is 18.4. The third kappa shape index (κ3) is 6.52. The molecular weight excluding hydrogens is 386 g/mol. The molecule has 0 fully saturated rings. The number of para-hydroxylation sites is 1. The van der Waals surface area contributed by atoms with Gasteiger partial charge in [0.2, 0.25) is 0 Å². The maximum absolute atomic E-state index is 12.6. The van der Waals surface area contributed by atoms with Gasteiger partial charge in [-0.3, -0.25) is 9.59 Å². The molecule has 2 amide bonds. The SMILES string of the molecule is Cc1cccc(NC(=O)C[NH+](C)CC(=O)Nc2ccccc2Cc2ccccc2)c1C. The molecule has 0 saturated carbocycles. The molecule has 0 radical (unpaired) electrons. The summed E-state index contributed by atoms with van der Waals surface area (Å²) in [5, 5.41) is 5.96. The average Bonchev–Trinajstić information content (AvgIpc) is 2.73. The van der Waals surface area contributed by atoms with Crippen LogP contribution >= 0.6 is 0 Å². The van der Waals surface area contributed by atoms with Gasteiger partial charge in [-0.25, -0.2) is 0 Å². The van der Waals surface area contributed by atoms with E-state index in [0.29, 0.717) is 0 Å². The Hall–Kier alpha value is -3.44. The second-order valence-corrected chi connectivity index (χ2v) is 7.97. The van der Waals surface area contributed by atoms with E-state index in [9.17, 15) is 9.59 Å². The van der Waals surface area contributed by atoms with E-state index in [4.69, 9.17) is 0 Å². The van der Waals surface area contributed by atoms with Gasteiger partial charge < -0.3 is 15.5 Å². The Kier molecular flexibility index (Phi) is 7.57. The van der Waals surface area contributed by atoms with Crippen LogP contribution in [-0.2, 0) is 16.0 Å². The molecule has 1 atom stereocenters. The Bertz CT molecular complexity index is 1050. The van der Waals surface area contributed by atoms with Crippen molar-refractivity contribution in [3.63, 3.8) is 0 Å². The van der Waals surface area contributed by atoms with E-state index < -0.39 is 0 Å². The molecule has 0 saturated heterocycles. The summed E-state index contributed by atoms with van der Waals surface area (Å²) < 4.78 is 0. The molecule has 3 N–H and O–H groups in total. The second-order valence-electron chi connectivity index (χ2n) is 7.97. The highest BCUT2D eigenvalue weighted by Gasteiger charge is 2.16. The number of quaternary nitrogens is 1. The zero-order valence-electron chi connectivity index (χ0n) is 18.4. The Morgan fingerprint density at radius 2 is 1.32 bits per heavy atom. The monoisotopic (exact) mass is 416 g/mol. The van der Waals surface area contributed by atoms with Gasteiger partial charge in [0, 0.05) is 11.4 Å². The highest BCUT2D eigenvalue weighted by Crippen LogP contribution is 2.19. The molecule has 3 rings (SSSR count). The van der Waals surface area contributed by atoms with E-state index in [2.05, 4.69) is 22.8 Å². The van der Waals surface area contributed by atoms with Crippen molar-refractivity contribution in [3.8, 4) is 0 Å². The van der Waals surface area contributed by atoms with Crippen LogP contribution in [0.2, 0.25) is 0 Å². The Labute approximate surface area is 184 Å². The molecule has 5 heteroatoms. The van der Waals surface area contributed by atoms with Crippen molar-refractivity contribution in [2.24, 2.45) is 0 Å². The lowest BCUT2D eigenvalue weighted by Crippen LogP contribution is -3.11. The molecule has 3 aromatic carbocycles. The van der Waals surface area contributed by atoms with Gasteiger partial charge in [0.1, 0.15) is 0 Å². The molecule has 1 unspecified atom stereocenters. The molecule has 0 heterocycles. The normalized spacial score (nSPS) is 11.6. The maximum atomic E-state index is 12.6. The van der Waals surface area contributed by atoms with E-state index in [-0.39, 0.29) is 24.9 Å². The van der Waals surface area contributed by atoms with Gasteiger partial charge >= 0.3 is 0 Å². The van der Waals surface area contributed by atoms with Crippen LogP contribution in [0.1, 0.15) is 22.3 Å². The third-order valence-electron chi connectivity index (χ3n) is 5.33. The van der Waals surface area contributed by atoms with E-state index in [1.54, 1.807) is 0 Å². The topological polar surface area (TPSA) is 62.6 Å². The number of nitrogens with one attached hydrogen (secondary N) is 3. The Morgan fingerprint density at radius 3 is 2.03 bits per heavy atom. The van der Waals surface area contributed by atoms with Crippen LogP contribution in [-0.4, -0.2) is 32.0 Å². The fraction of sp³-hybridized carbons (Fsp3) is 0.231. The summed E-state index contributed by atoms with van der Waals surface area (Å²) in [7, 11) is 1.85. The highest BCUT2D eigenvalue weighted by molar-refractivity contribution is 5.94. The van der Waals surface area contributed by atoms with Crippen molar-refractivity contribution in [1.82, 2.24) is 0 Å². The van der Waals surface area contributed by atoms with Crippen LogP contribution in [0.3, 0.4) is 0 Å². The summed E-state index contributed by atoms with van der Waals surface area (Å²) in [5.41, 5.74) is 6.07. The predicted molar refractivity (Wildman–Crippen MR) is 125 cm³/mol. The highest BCUT2D eigenvalue weighted by atomic mass is 16.2. The van der Waals surface area contributed by atoms with E-state index >= 15 is 0 Å². The van der Waals surface area contributed by atoms with Gasteiger partial charge in [-0.15, -0.1) is 0 Å². The molecular formula is C26H30N3O2+. The van der Waals surface area contributed by atoms with Crippen LogP contribution in [0, 0.1) is 13.8 Å². The van der Waals surface area contributed by atoms with Crippen molar-refractivity contribution in [3.05, 3.63) is 95.1 Å². The lowest BCUT2D eigenvalue weighted by atomic mass is 10.0. The number of hydrogen-bond acceptors (Lipinski definition) is 2. The summed E-state index contributed by atoms with van der Waals surface area (Å²) in [6.45, 7) is 4.43. The van der Waals surface area contributed by atoms with Crippen LogP contribution in [0.15, 0.2) is 72.8 Å². The van der Waals surface area contributed by atoms with Crippen molar-refractivity contribution in [2.45, 2.75) is 20.3 Å². The number of aryl methyl sites for hydroxylation is 1. The Balaban J connectivity index is 1.55. The van der Waals surface area contributed by atoms with Crippen LogP contribution < -0.4 is 15.5 Å². The number of benzene rings is 3. The number of rotatable bonds is 8. The largest absolute Gasteiger partial charge is 0.322 e. The Morgan fingerprint density at radius 1 is 0.742 bits per heavy atom. The van der Waals surface area contributed by atoms with Crippen LogP contribution in [0.25, 0.3) is 0 Å². The number of likely N-dealkylation sites (N-methyl/N-ethyl adjacent to an activating group) is 1. The molecule has 0 bridgehead atoms. The summed E-state index contributed by atoms with van der Waals surface area (Å²) in [4.78, 5) is 25.8. The van der Waals surface area contributed by atoms with E-state index in [1.165, 1.54) is 5.56 Å². The first-order valence-corrected chi connectivity index (χ1v) is 10.5. The molecule has 0 aliphatic heterocycles. The first kappa shape index (κ1) is 22.2. The fourth-order valence-corrected chi connectivity index (χ4v) is 3.50. The van der Waals surface area contributed by atoms with Gasteiger partial charge in [-0.05, 0) is 54.7 Å². The van der Waals surface area contributed by atoms with Gasteiger partial charge in [0.25, 0.3) is 11.8 Å². The second kappa shape index (κ2) is 10.5. The minimum Gasteiger partial charge on any atom is -0.322 e. The molecule has 0 aliphatic carbocycles. The minimum absolute atomic E-state index is 0.108. The van der Waals surface area contributed by atoms with Crippen molar-refractivity contribution in [2.75, 3.05) is 30.8 Å². The number of carbonyl (C=O) groups is 2.